The van der Waals surface area contributed by atoms with Crippen LogP contribution in [0.25, 0.3) is 0 Å². The summed E-state index contributed by atoms with van der Waals surface area (Å²) in [5.74, 6) is -0.333. The van der Waals surface area contributed by atoms with E-state index in [-0.39, 0.29) is 11.8 Å². The average molecular weight is 270 g/mol. The average Bonchev–Trinajstić information content (AvgIpc) is 2.01. The van der Waals surface area contributed by atoms with Crippen LogP contribution < -0.4 is 10.9 Å². The van der Waals surface area contributed by atoms with Crippen molar-refractivity contribution in [3.05, 3.63) is 0 Å². The fourth-order valence-corrected chi connectivity index (χ4v) is 0.653. The quantitative estimate of drug-likeness (QED) is 0.442. The number of alkyl halides is 1. The number of nitrogens with one attached hydrogen (secondary N) is 2. The second kappa shape index (κ2) is 6.38. The Balaban J connectivity index is 3.38. The molecule has 0 aromatic heterocycles. The lowest BCUT2D eigenvalue weighted by Gasteiger charge is -2.03. The molecule has 2 amide bonds. The highest BCUT2D eigenvalue weighted by Crippen LogP contribution is 1.84. The van der Waals surface area contributed by atoms with E-state index in [1.54, 1.807) is 0 Å². The van der Waals surface area contributed by atoms with E-state index >= 15 is 0 Å². The van der Waals surface area contributed by atoms with E-state index in [4.69, 9.17) is 0 Å². The summed E-state index contributed by atoms with van der Waals surface area (Å²) >= 11 is 1.92. The van der Waals surface area contributed by atoms with Gasteiger partial charge in [0.2, 0.25) is 11.8 Å². The summed E-state index contributed by atoms with van der Waals surface area (Å²) < 4.78 is 0.351. The lowest BCUT2D eigenvalue weighted by atomic mass is 10.3. The van der Waals surface area contributed by atoms with Gasteiger partial charge >= 0.3 is 0 Å². The Morgan fingerprint density at radius 2 is 1.82 bits per heavy atom. The molecule has 4 nitrogen and oxygen atoms in total. The van der Waals surface area contributed by atoms with Crippen LogP contribution in [0.2, 0.25) is 0 Å². The van der Waals surface area contributed by atoms with Crippen LogP contribution in [-0.2, 0) is 9.59 Å². The number of rotatable bonds is 3. The molecule has 0 bridgehead atoms. The summed E-state index contributed by atoms with van der Waals surface area (Å²) in [6, 6.07) is 0. The largest absolute Gasteiger partial charge is 0.273 e. The Bertz CT molecular complexity index is 150. The number of halogens is 1. The van der Waals surface area contributed by atoms with Crippen molar-refractivity contribution in [1.29, 1.82) is 0 Å². The summed E-state index contributed by atoms with van der Waals surface area (Å²) in [6.07, 6.45) is 1.23. The number of hydrogen-bond donors (Lipinski definition) is 2. The molecular weight excluding hydrogens is 259 g/mol. The van der Waals surface area contributed by atoms with Gasteiger partial charge in [0.25, 0.3) is 0 Å². The molecule has 5 heteroatoms. The number of hydrazine groups is 1. The van der Waals surface area contributed by atoms with Crippen molar-refractivity contribution in [3.63, 3.8) is 0 Å². The molecule has 0 rings (SSSR count). The predicted molar refractivity (Wildman–Crippen MR) is 50.1 cm³/mol. The zero-order chi connectivity index (χ0) is 8.69. The van der Waals surface area contributed by atoms with Crippen molar-refractivity contribution >= 4 is 34.4 Å². The molecule has 2 N–H and O–H groups in total. The molecule has 0 aromatic carbocycles. The molecular formula is C6H11IN2O2. The molecule has 0 spiro atoms. The highest BCUT2D eigenvalue weighted by atomic mass is 127. The molecule has 0 fully saturated rings. The summed E-state index contributed by atoms with van der Waals surface area (Å²) in [5.41, 5.74) is 4.56. The fourth-order valence-electron chi connectivity index (χ4n) is 0.462. The SMILES string of the molecule is CCCC(=O)NNC(=O)CI. The van der Waals surface area contributed by atoms with Gasteiger partial charge in [-0.15, -0.1) is 0 Å². The van der Waals surface area contributed by atoms with Gasteiger partial charge in [-0.25, -0.2) is 0 Å². The Morgan fingerprint density at radius 3 is 2.27 bits per heavy atom. The fraction of sp³-hybridized carbons (Fsp3) is 0.667. The molecule has 0 aliphatic heterocycles. The highest BCUT2D eigenvalue weighted by molar-refractivity contribution is 14.1. The summed E-state index contributed by atoms with van der Waals surface area (Å²) in [6.45, 7) is 1.90. The van der Waals surface area contributed by atoms with E-state index in [1.807, 2.05) is 29.5 Å². The van der Waals surface area contributed by atoms with Crippen LogP contribution >= 0.6 is 22.6 Å². The van der Waals surface area contributed by atoms with E-state index < -0.39 is 0 Å². The van der Waals surface area contributed by atoms with Crippen molar-refractivity contribution in [2.75, 3.05) is 4.43 Å². The van der Waals surface area contributed by atoms with Gasteiger partial charge < -0.3 is 0 Å². The monoisotopic (exact) mass is 270 g/mol. The van der Waals surface area contributed by atoms with Crippen LogP contribution in [0.5, 0.6) is 0 Å². The predicted octanol–water partition coefficient (Wildman–Crippen LogP) is 0.369. The molecule has 0 atom stereocenters. The third kappa shape index (κ3) is 6.08. The van der Waals surface area contributed by atoms with Crippen molar-refractivity contribution in [2.45, 2.75) is 19.8 Å². The van der Waals surface area contributed by atoms with Crippen molar-refractivity contribution in [3.8, 4) is 0 Å². The second-order valence-electron chi connectivity index (χ2n) is 1.98. The second-order valence-corrected chi connectivity index (χ2v) is 2.74. The highest BCUT2D eigenvalue weighted by Gasteiger charge is 2.00. The van der Waals surface area contributed by atoms with Gasteiger partial charge in [0.15, 0.2) is 0 Å². The van der Waals surface area contributed by atoms with Crippen LogP contribution in [0.15, 0.2) is 0 Å². The van der Waals surface area contributed by atoms with E-state index in [9.17, 15) is 9.59 Å². The minimum absolute atomic E-state index is 0.147. The van der Waals surface area contributed by atoms with Gasteiger partial charge in [0.1, 0.15) is 0 Å². The number of carbonyl (C=O) groups excluding carboxylic acids is 2. The Labute approximate surface area is 79.2 Å². The van der Waals surface area contributed by atoms with Crippen LogP contribution in [0, 0.1) is 0 Å². The molecule has 0 aromatic rings. The lowest BCUT2D eigenvalue weighted by Crippen LogP contribution is -2.41. The standard InChI is InChI=1S/C6H11IN2O2/c1-2-3-5(10)8-9-6(11)4-7/h2-4H2,1H3,(H,8,10)(H,9,11). The Kier molecular flexibility index (Phi) is 6.19. The first-order valence-corrected chi connectivity index (χ1v) is 4.87. The first-order valence-electron chi connectivity index (χ1n) is 3.34. The van der Waals surface area contributed by atoms with Gasteiger partial charge in [0, 0.05) is 6.42 Å². The van der Waals surface area contributed by atoms with E-state index in [1.165, 1.54) is 0 Å². The zero-order valence-electron chi connectivity index (χ0n) is 6.32. The summed E-state index contributed by atoms with van der Waals surface area (Å²) in [7, 11) is 0. The molecule has 0 aliphatic carbocycles. The topological polar surface area (TPSA) is 58.2 Å². The van der Waals surface area contributed by atoms with Crippen LogP contribution in [0.3, 0.4) is 0 Å². The first-order chi connectivity index (χ1) is 5.20. The molecule has 0 radical (unpaired) electrons. The van der Waals surface area contributed by atoms with Crippen LogP contribution in [0.1, 0.15) is 19.8 Å². The number of carbonyl (C=O) groups is 2. The van der Waals surface area contributed by atoms with E-state index in [2.05, 4.69) is 10.9 Å². The zero-order valence-corrected chi connectivity index (χ0v) is 8.47. The van der Waals surface area contributed by atoms with Crippen molar-refractivity contribution in [2.24, 2.45) is 0 Å². The Hall–Kier alpha value is -0.330. The van der Waals surface area contributed by atoms with Gasteiger partial charge in [-0.05, 0) is 6.42 Å². The maximum atomic E-state index is 10.7. The van der Waals surface area contributed by atoms with Gasteiger partial charge in [0.05, 0.1) is 4.43 Å². The maximum Gasteiger partial charge on any atom is 0.248 e. The molecule has 0 aliphatic rings. The van der Waals surface area contributed by atoms with Crippen LogP contribution in [0.4, 0.5) is 0 Å². The number of hydrogen-bond acceptors (Lipinski definition) is 2. The first kappa shape index (κ1) is 10.7. The lowest BCUT2D eigenvalue weighted by molar-refractivity contribution is -0.127. The molecule has 11 heavy (non-hydrogen) atoms. The van der Waals surface area contributed by atoms with E-state index in [0.29, 0.717) is 10.8 Å². The minimum atomic E-state index is -0.185. The minimum Gasteiger partial charge on any atom is -0.273 e. The van der Waals surface area contributed by atoms with Gasteiger partial charge in [-0.2, -0.15) is 0 Å². The van der Waals surface area contributed by atoms with E-state index in [0.717, 1.165) is 6.42 Å². The summed E-state index contributed by atoms with van der Waals surface area (Å²) in [4.78, 5) is 21.3. The molecule has 0 saturated carbocycles. The van der Waals surface area contributed by atoms with Crippen molar-refractivity contribution < 1.29 is 9.59 Å². The smallest absolute Gasteiger partial charge is 0.248 e. The van der Waals surface area contributed by atoms with Gasteiger partial charge in [-0.1, -0.05) is 29.5 Å². The molecule has 0 heterocycles. The maximum absolute atomic E-state index is 10.7. The molecule has 64 valence electrons. The molecule has 0 unspecified atom stereocenters. The van der Waals surface area contributed by atoms with Gasteiger partial charge in [-0.3, -0.25) is 20.4 Å². The van der Waals surface area contributed by atoms with Crippen LogP contribution in [-0.4, -0.2) is 16.2 Å². The number of amides is 2. The molecule has 0 saturated heterocycles. The normalized spacial score (nSPS) is 8.91. The third-order valence-electron chi connectivity index (χ3n) is 0.940. The summed E-state index contributed by atoms with van der Waals surface area (Å²) in [5, 5.41) is 0. The van der Waals surface area contributed by atoms with Crippen molar-refractivity contribution in [1.82, 2.24) is 10.9 Å². The Morgan fingerprint density at radius 1 is 1.27 bits per heavy atom. The third-order valence-corrected chi connectivity index (χ3v) is 1.63.